The summed E-state index contributed by atoms with van der Waals surface area (Å²) in [4.78, 5) is 0. The van der Waals surface area contributed by atoms with Crippen molar-refractivity contribution in [2.45, 2.75) is 12.5 Å². The van der Waals surface area contributed by atoms with E-state index in [0.717, 1.165) is 19.0 Å². The van der Waals surface area contributed by atoms with Crippen molar-refractivity contribution in [1.82, 2.24) is 5.32 Å². The van der Waals surface area contributed by atoms with Gasteiger partial charge in [0.2, 0.25) is 0 Å². The van der Waals surface area contributed by atoms with Gasteiger partial charge in [0.1, 0.15) is 5.75 Å². The molecule has 1 heterocycles. The second-order valence-electron chi connectivity index (χ2n) is 3.79. The Hall–Kier alpha value is -1.06. The van der Waals surface area contributed by atoms with Crippen LogP contribution in [0.4, 0.5) is 0 Å². The van der Waals surface area contributed by atoms with E-state index in [0.29, 0.717) is 6.61 Å². The Balaban J connectivity index is 2.23. The van der Waals surface area contributed by atoms with Gasteiger partial charge in [-0.2, -0.15) is 0 Å². The Morgan fingerprint density at radius 3 is 2.80 bits per heavy atom. The van der Waals surface area contributed by atoms with Crippen molar-refractivity contribution in [1.29, 1.82) is 0 Å². The number of likely N-dealkylation sites (N-methyl/N-ethyl adjacent to an activating group) is 1. The maximum absolute atomic E-state index is 5.49. The molecule has 1 aliphatic heterocycles. The standard InChI is InChI=1S/C12H17NO2/c1-3-15-11-6-4-5-10(7-11)12(13-2)8-14-9-12/h4-7,13H,3,8-9H2,1-2H3. The zero-order valence-corrected chi connectivity index (χ0v) is 9.25. The molecular formula is C12H17NO2. The maximum Gasteiger partial charge on any atom is 0.119 e. The van der Waals surface area contributed by atoms with E-state index in [-0.39, 0.29) is 5.54 Å². The van der Waals surface area contributed by atoms with E-state index in [1.807, 2.05) is 26.1 Å². The predicted molar refractivity (Wildman–Crippen MR) is 59.2 cm³/mol. The van der Waals surface area contributed by atoms with Gasteiger partial charge in [-0.1, -0.05) is 12.1 Å². The van der Waals surface area contributed by atoms with Crippen LogP contribution in [0, 0.1) is 0 Å². The first kappa shape index (κ1) is 10.5. The summed E-state index contributed by atoms with van der Waals surface area (Å²) in [6.07, 6.45) is 0. The Kier molecular flexibility index (Phi) is 2.93. The molecule has 0 spiro atoms. The lowest BCUT2D eigenvalue weighted by atomic mass is 9.88. The summed E-state index contributed by atoms with van der Waals surface area (Å²) in [5, 5.41) is 3.32. The fourth-order valence-corrected chi connectivity index (χ4v) is 1.81. The Labute approximate surface area is 90.4 Å². The Morgan fingerprint density at radius 2 is 2.27 bits per heavy atom. The van der Waals surface area contributed by atoms with Crippen LogP contribution in [0.1, 0.15) is 12.5 Å². The topological polar surface area (TPSA) is 30.5 Å². The van der Waals surface area contributed by atoms with Crippen LogP contribution >= 0.6 is 0 Å². The van der Waals surface area contributed by atoms with Crippen LogP contribution < -0.4 is 10.1 Å². The van der Waals surface area contributed by atoms with E-state index in [4.69, 9.17) is 9.47 Å². The zero-order chi connectivity index (χ0) is 10.7. The van der Waals surface area contributed by atoms with Crippen molar-refractivity contribution < 1.29 is 9.47 Å². The minimum absolute atomic E-state index is 0.00683. The first-order valence-corrected chi connectivity index (χ1v) is 5.31. The highest BCUT2D eigenvalue weighted by Crippen LogP contribution is 2.31. The smallest absolute Gasteiger partial charge is 0.119 e. The van der Waals surface area contributed by atoms with Crippen molar-refractivity contribution in [2.24, 2.45) is 0 Å². The van der Waals surface area contributed by atoms with E-state index in [2.05, 4.69) is 17.4 Å². The molecule has 3 heteroatoms. The van der Waals surface area contributed by atoms with Gasteiger partial charge >= 0.3 is 0 Å². The van der Waals surface area contributed by atoms with E-state index in [1.54, 1.807) is 0 Å². The summed E-state index contributed by atoms with van der Waals surface area (Å²) >= 11 is 0. The van der Waals surface area contributed by atoms with Crippen molar-refractivity contribution in [3.63, 3.8) is 0 Å². The molecule has 0 amide bonds. The third-order valence-corrected chi connectivity index (χ3v) is 2.87. The zero-order valence-electron chi connectivity index (χ0n) is 9.25. The van der Waals surface area contributed by atoms with E-state index < -0.39 is 0 Å². The van der Waals surface area contributed by atoms with Gasteiger partial charge in [-0.25, -0.2) is 0 Å². The maximum atomic E-state index is 5.49. The highest BCUT2D eigenvalue weighted by atomic mass is 16.5. The SMILES string of the molecule is CCOc1cccc(C2(NC)COC2)c1. The van der Waals surface area contributed by atoms with Crippen LogP contribution in [0.25, 0.3) is 0 Å². The number of rotatable bonds is 4. The highest BCUT2D eigenvalue weighted by molar-refractivity contribution is 5.34. The molecule has 1 aromatic rings. The number of benzene rings is 1. The molecular weight excluding hydrogens is 190 g/mol. The van der Waals surface area contributed by atoms with Gasteiger partial charge in [0, 0.05) is 0 Å². The van der Waals surface area contributed by atoms with Gasteiger partial charge in [0.05, 0.1) is 25.4 Å². The summed E-state index contributed by atoms with van der Waals surface area (Å²) in [5.41, 5.74) is 1.23. The summed E-state index contributed by atoms with van der Waals surface area (Å²) in [6.45, 7) is 4.16. The van der Waals surface area contributed by atoms with E-state index in [1.165, 1.54) is 5.56 Å². The van der Waals surface area contributed by atoms with Gasteiger partial charge in [-0.15, -0.1) is 0 Å². The second-order valence-corrected chi connectivity index (χ2v) is 3.79. The van der Waals surface area contributed by atoms with E-state index >= 15 is 0 Å². The first-order chi connectivity index (χ1) is 7.30. The average molecular weight is 207 g/mol. The molecule has 3 nitrogen and oxygen atoms in total. The number of ether oxygens (including phenoxy) is 2. The fourth-order valence-electron chi connectivity index (χ4n) is 1.81. The number of nitrogens with one attached hydrogen (secondary N) is 1. The van der Waals surface area contributed by atoms with Gasteiger partial charge < -0.3 is 14.8 Å². The lowest BCUT2D eigenvalue weighted by molar-refractivity contribution is -0.0748. The molecule has 0 aliphatic carbocycles. The second kappa shape index (κ2) is 4.21. The van der Waals surface area contributed by atoms with Gasteiger partial charge in [-0.3, -0.25) is 0 Å². The normalized spacial score (nSPS) is 18.3. The summed E-state index contributed by atoms with van der Waals surface area (Å²) in [5.74, 6) is 0.927. The summed E-state index contributed by atoms with van der Waals surface area (Å²) < 4.78 is 10.8. The lowest BCUT2D eigenvalue weighted by Gasteiger charge is -2.41. The van der Waals surface area contributed by atoms with Crippen molar-refractivity contribution in [2.75, 3.05) is 26.9 Å². The van der Waals surface area contributed by atoms with Crippen LogP contribution in [0.2, 0.25) is 0 Å². The van der Waals surface area contributed by atoms with Crippen LogP contribution in [-0.4, -0.2) is 26.9 Å². The quantitative estimate of drug-likeness (QED) is 0.812. The van der Waals surface area contributed by atoms with Gasteiger partial charge in [-0.05, 0) is 31.7 Å². The first-order valence-electron chi connectivity index (χ1n) is 5.31. The van der Waals surface area contributed by atoms with Crippen molar-refractivity contribution in [3.05, 3.63) is 29.8 Å². The molecule has 1 N–H and O–H groups in total. The summed E-state index contributed by atoms with van der Waals surface area (Å²) in [6, 6.07) is 8.21. The molecule has 2 rings (SSSR count). The molecule has 0 radical (unpaired) electrons. The van der Waals surface area contributed by atoms with Gasteiger partial charge in [0.15, 0.2) is 0 Å². The number of hydrogen-bond acceptors (Lipinski definition) is 3. The van der Waals surface area contributed by atoms with Crippen molar-refractivity contribution in [3.8, 4) is 5.75 Å². The van der Waals surface area contributed by atoms with Gasteiger partial charge in [0.25, 0.3) is 0 Å². The molecule has 15 heavy (non-hydrogen) atoms. The third kappa shape index (κ3) is 1.85. The molecule has 0 aromatic heterocycles. The Bertz CT molecular complexity index is 329. The largest absolute Gasteiger partial charge is 0.494 e. The molecule has 1 aliphatic rings. The Morgan fingerprint density at radius 1 is 1.47 bits per heavy atom. The monoisotopic (exact) mass is 207 g/mol. The minimum atomic E-state index is -0.00683. The highest BCUT2D eigenvalue weighted by Gasteiger charge is 2.38. The van der Waals surface area contributed by atoms with Crippen LogP contribution in [0.3, 0.4) is 0 Å². The molecule has 0 atom stereocenters. The predicted octanol–water partition coefficient (Wildman–Crippen LogP) is 1.53. The molecule has 0 saturated carbocycles. The van der Waals surface area contributed by atoms with Crippen LogP contribution in [-0.2, 0) is 10.3 Å². The lowest BCUT2D eigenvalue weighted by Crippen LogP contribution is -2.56. The molecule has 1 fully saturated rings. The molecule has 0 unspecified atom stereocenters. The van der Waals surface area contributed by atoms with Crippen molar-refractivity contribution >= 4 is 0 Å². The molecule has 1 aromatic carbocycles. The van der Waals surface area contributed by atoms with Crippen LogP contribution in [0.5, 0.6) is 5.75 Å². The molecule has 82 valence electrons. The van der Waals surface area contributed by atoms with E-state index in [9.17, 15) is 0 Å². The average Bonchev–Trinajstić information content (AvgIpc) is 2.18. The fraction of sp³-hybridized carbons (Fsp3) is 0.500. The summed E-state index contributed by atoms with van der Waals surface area (Å²) in [7, 11) is 1.97. The molecule has 1 saturated heterocycles. The molecule has 0 bridgehead atoms. The number of hydrogen-bond donors (Lipinski definition) is 1. The van der Waals surface area contributed by atoms with Crippen LogP contribution in [0.15, 0.2) is 24.3 Å². The minimum Gasteiger partial charge on any atom is -0.494 e. The third-order valence-electron chi connectivity index (χ3n) is 2.87.